The Morgan fingerprint density at radius 1 is 1.50 bits per heavy atom. The minimum atomic E-state index is 0.180. The lowest BCUT2D eigenvalue weighted by Gasteiger charge is -2.33. The Kier molecular flexibility index (Phi) is 4.74. The average Bonchev–Trinajstić information content (AvgIpc) is 2.68. The van der Waals surface area contributed by atoms with Gasteiger partial charge >= 0.3 is 0 Å². The lowest BCUT2D eigenvalue weighted by Crippen LogP contribution is -2.42. The zero-order valence-electron chi connectivity index (χ0n) is 11.4. The zero-order valence-corrected chi connectivity index (χ0v) is 11.4. The summed E-state index contributed by atoms with van der Waals surface area (Å²) >= 11 is 0. The van der Waals surface area contributed by atoms with Gasteiger partial charge in [-0.25, -0.2) is 0 Å². The summed E-state index contributed by atoms with van der Waals surface area (Å²) in [5, 5.41) is 4.27. The van der Waals surface area contributed by atoms with Crippen LogP contribution in [-0.4, -0.2) is 47.5 Å². The van der Waals surface area contributed by atoms with Gasteiger partial charge in [0.2, 0.25) is 0 Å². The van der Waals surface area contributed by atoms with Crippen LogP contribution in [0.5, 0.6) is 0 Å². The van der Waals surface area contributed by atoms with E-state index in [0.717, 1.165) is 26.1 Å². The SMILES string of the molecule is COCCN1CCCCC(N)C1c1ccnn1C. The molecular weight excluding hydrogens is 228 g/mol. The Hall–Kier alpha value is -0.910. The Morgan fingerprint density at radius 2 is 2.33 bits per heavy atom. The van der Waals surface area contributed by atoms with Crippen LogP contribution in [0.3, 0.4) is 0 Å². The Morgan fingerprint density at radius 3 is 3.00 bits per heavy atom. The normalized spacial score (nSPS) is 26.2. The largest absolute Gasteiger partial charge is 0.383 e. The number of nitrogens with zero attached hydrogens (tertiary/aromatic N) is 3. The van der Waals surface area contributed by atoms with Gasteiger partial charge in [-0.05, 0) is 25.5 Å². The molecule has 0 radical (unpaired) electrons. The van der Waals surface area contributed by atoms with Gasteiger partial charge in [0.05, 0.1) is 18.3 Å². The van der Waals surface area contributed by atoms with Gasteiger partial charge in [0, 0.05) is 32.9 Å². The number of hydrogen-bond acceptors (Lipinski definition) is 4. The van der Waals surface area contributed by atoms with Gasteiger partial charge in [-0.2, -0.15) is 5.10 Å². The second-order valence-electron chi connectivity index (χ2n) is 5.01. The molecule has 1 aliphatic heterocycles. The molecule has 1 aliphatic rings. The summed E-state index contributed by atoms with van der Waals surface area (Å²) in [6, 6.07) is 2.52. The van der Waals surface area contributed by atoms with Crippen LogP contribution in [0.15, 0.2) is 12.3 Å². The van der Waals surface area contributed by atoms with Crippen LogP contribution in [0, 0.1) is 0 Å². The van der Waals surface area contributed by atoms with E-state index in [4.69, 9.17) is 10.5 Å². The molecule has 0 bridgehead atoms. The number of nitrogens with two attached hydrogens (primary N) is 1. The summed E-state index contributed by atoms with van der Waals surface area (Å²) in [5.41, 5.74) is 7.59. The molecular formula is C13H24N4O. The molecule has 0 saturated carbocycles. The van der Waals surface area contributed by atoms with Gasteiger partial charge in [0.25, 0.3) is 0 Å². The second-order valence-corrected chi connectivity index (χ2v) is 5.01. The van der Waals surface area contributed by atoms with Crippen LogP contribution in [0.4, 0.5) is 0 Å². The van der Waals surface area contributed by atoms with Gasteiger partial charge in [0.15, 0.2) is 0 Å². The monoisotopic (exact) mass is 252 g/mol. The van der Waals surface area contributed by atoms with Crippen molar-refractivity contribution in [2.75, 3.05) is 26.8 Å². The highest BCUT2D eigenvalue weighted by Gasteiger charge is 2.30. The predicted molar refractivity (Wildman–Crippen MR) is 71.2 cm³/mol. The molecule has 1 fully saturated rings. The zero-order chi connectivity index (χ0) is 13.0. The number of ether oxygens (including phenoxy) is 1. The van der Waals surface area contributed by atoms with Crippen molar-refractivity contribution >= 4 is 0 Å². The molecule has 1 aromatic rings. The van der Waals surface area contributed by atoms with Crippen molar-refractivity contribution in [1.82, 2.24) is 14.7 Å². The van der Waals surface area contributed by atoms with Crippen LogP contribution in [0.2, 0.25) is 0 Å². The molecule has 5 heteroatoms. The first kappa shape index (κ1) is 13.5. The number of hydrogen-bond donors (Lipinski definition) is 1. The van der Waals surface area contributed by atoms with E-state index in [9.17, 15) is 0 Å². The lowest BCUT2D eigenvalue weighted by atomic mass is 10.0. The molecule has 0 aliphatic carbocycles. The fourth-order valence-corrected chi connectivity index (χ4v) is 2.80. The Bertz CT molecular complexity index is 366. The minimum Gasteiger partial charge on any atom is -0.383 e. The fourth-order valence-electron chi connectivity index (χ4n) is 2.80. The molecule has 1 aromatic heterocycles. The van der Waals surface area contributed by atoms with Gasteiger partial charge in [-0.1, -0.05) is 6.42 Å². The topological polar surface area (TPSA) is 56.3 Å². The molecule has 2 atom stereocenters. The molecule has 2 unspecified atom stereocenters. The van der Waals surface area contributed by atoms with E-state index in [1.165, 1.54) is 18.5 Å². The highest BCUT2D eigenvalue weighted by atomic mass is 16.5. The lowest BCUT2D eigenvalue weighted by molar-refractivity contribution is 0.111. The smallest absolute Gasteiger partial charge is 0.0671 e. The predicted octanol–water partition coefficient (Wildman–Crippen LogP) is 0.921. The summed E-state index contributed by atoms with van der Waals surface area (Å²) in [7, 11) is 3.73. The highest BCUT2D eigenvalue weighted by molar-refractivity contribution is 5.10. The summed E-state index contributed by atoms with van der Waals surface area (Å²) in [6.45, 7) is 2.77. The maximum Gasteiger partial charge on any atom is 0.0671 e. The van der Waals surface area contributed by atoms with Crippen molar-refractivity contribution in [2.45, 2.75) is 31.3 Å². The third-order valence-electron chi connectivity index (χ3n) is 3.78. The van der Waals surface area contributed by atoms with E-state index in [1.807, 2.05) is 17.9 Å². The Labute approximate surface area is 109 Å². The van der Waals surface area contributed by atoms with E-state index in [-0.39, 0.29) is 12.1 Å². The number of rotatable bonds is 4. The first-order valence-corrected chi connectivity index (χ1v) is 6.70. The molecule has 2 heterocycles. The van der Waals surface area contributed by atoms with E-state index in [0.29, 0.717) is 0 Å². The summed E-state index contributed by atoms with van der Waals surface area (Å²) < 4.78 is 7.15. The standard InChI is InChI=1S/C13H24N4O/c1-16-12(6-7-15-16)13-11(14)5-3-4-8-17(13)9-10-18-2/h6-7,11,13H,3-5,8-10,14H2,1-2H3. The molecule has 102 valence electrons. The number of aryl methyl sites for hydroxylation is 1. The molecule has 0 spiro atoms. The van der Waals surface area contributed by atoms with Crippen molar-refractivity contribution in [3.8, 4) is 0 Å². The van der Waals surface area contributed by atoms with Crippen molar-refractivity contribution in [1.29, 1.82) is 0 Å². The fraction of sp³-hybridized carbons (Fsp3) is 0.769. The molecule has 5 nitrogen and oxygen atoms in total. The highest BCUT2D eigenvalue weighted by Crippen LogP contribution is 2.28. The van der Waals surface area contributed by atoms with Crippen LogP contribution in [0.25, 0.3) is 0 Å². The third-order valence-corrected chi connectivity index (χ3v) is 3.78. The minimum absolute atomic E-state index is 0.180. The molecule has 18 heavy (non-hydrogen) atoms. The van der Waals surface area contributed by atoms with Crippen molar-refractivity contribution in [3.05, 3.63) is 18.0 Å². The number of aromatic nitrogens is 2. The van der Waals surface area contributed by atoms with Gasteiger partial charge in [-0.3, -0.25) is 9.58 Å². The molecule has 1 saturated heterocycles. The van der Waals surface area contributed by atoms with Crippen molar-refractivity contribution < 1.29 is 4.74 Å². The van der Waals surface area contributed by atoms with Crippen LogP contribution in [-0.2, 0) is 11.8 Å². The number of likely N-dealkylation sites (tertiary alicyclic amines) is 1. The van der Waals surface area contributed by atoms with Gasteiger partial charge in [0.1, 0.15) is 0 Å². The average molecular weight is 252 g/mol. The van der Waals surface area contributed by atoms with E-state index >= 15 is 0 Å². The third kappa shape index (κ3) is 2.91. The molecule has 0 aromatic carbocycles. The maximum atomic E-state index is 6.38. The summed E-state index contributed by atoms with van der Waals surface area (Å²) in [6.07, 6.45) is 5.35. The summed E-state index contributed by atoms with van der Waals surface area (Å²) in [4.78, 5) is 2.44. The quantitative estimate of drug-likeness (QED) is 0.866. The second kappa shape index (κ2) is 6.31. The Balaban J connectivity index is 2.20. The van der Waals surface area contributed by atoms with E-state index < -0.39 is 0 Å². The maximum absolute atomic E-state index is 6.38. The first-order valence-electron chi connectivity index (χ1n) is 6.70. The van der Waals surface area contributed by atoms with Crippen LogP contribution >= 0.6 is 0 Å². The van der Waals surface area contributed by atoms with E-state index in [2.05, 4.69) is 16.1 Å². The van der Waals surface area contributed by atoms with Crippen molar-refractivity contribution in [2.24, 2.45) is 12.8 Å². The van der Waals surface area contributed by atoms with Gasteiger partial charge in [-0.15, -0.1) is 0 Å². The summed E-state index contributed by atoms with van der Waals surface area (Å²) in [5.74, 6) is 0. The van der Waals surface area contributed by atoms with Crippen LogP contribution < -0.4 is 5.73 Å². The molecule has 2 N–H and O–H groups in total. The van der Waals surface area contributed by atoms with E-state index in [1.54, 1.807) is 7.11 Å². The first-order chi connectivity index (χ1) is 8.74. The molecule has 0 amide bonds. The van der Waals surface area contributed by atoms with Gasteiger partial charge < -0.3 is 10.5 Å². The molecule has 2 rings (SSSR count). The van der Waals surface area contributed by atoms with Crippen LogP contribution in [0.1, 0.15) is 31.0 Å². The number of methoxy groups -OCH3 is 1. The van der Waals surface area contributed by atoms with Crippen molar-refractivity contribution in [3.63, 3.8) is 0 Å².